The molecule has 0 spiro atoms. The lowest BCUT2D eigenvalue weighted by Gasteiger charge is -2.05. The summed E-state index contributed by atoms with van der Waals surface area (Å²) in [6.45, 7) is 0.600. The van der Waals surface area contributed by atoms with Gasteiger partial charge in [0.1, 0.15) is 11.4 Å². The highest BCUT2D eigenvalue weighted by atomic mass is 16.3. The van der Waals surface area contributed by atoms with Crippen molar-refractivity contribution in [1.82, 2.24) is 30.4 Å². The summed E-state index contributed by atoms with van der Waals surface area (Å²) in [5, 5.41) is 38.2. The molecule has 0 bridgehead atoms. The van der Waals surface area contributed by atoms with Gasteiger partial charge in [0.05, 0.1) is 25.6 Å². The van der Waals surface area contributed by atoms with Crippen LogP contribution in [-0.4, -0.2) is 66.9 Å². The number of anilines is 2. The van der Waals surface area contributed by atoms with E-state index in [0.29, 0.717) is 36.4 Å². The molecule has 2 aromatic rings. The second-order valence-corrected chi connectivity index (χ2v) is 3.63. The van der Waals surface area contributed by atoms with Gasteiger partial charge in [0, 0.05) is 13.1 Å². The monoisotopic (exact) mass is 278 g/mol. The van der Waals surface area contributed by atoms with E-state index in [1.807, 2.05) is 0 Å². The third kappa shape index (κ3) is 3.76. The molecule has 20 heavy (non-hydrogen) atoms. The molecule has 2 aromatic heterocycles. The molecule has 0 radical (unpaired) electrons. The van der Waals surface area contributed by atoms with Crippen LogP contribution in [0.2, 0.25) is 0 Å². The Morgan fingerprint density at radius 1 is 0.800 bits per heavy atom. The fraction of sp³-hybridized carbons (Fsp3) is 0.400. The van der Waals surface area contributed by atoms with E-state index in [1.165, 1.54) is 12.4 Å². The number of nitrogens with zero attached hydrogens (tertiary/aromatic N) is 6. The maximum Gasteiger partial charge on any atom is 0.243 e. The smallest absolute Gasteiger partial charge is 0.243 e. The molecule has 10 nitrogen and oxygen atoms in total. The molecule has 0 unspecified atom stereocenters. The average molecular weight is 278 g/mol. The molecule has 0 aliphatic rings. The largest absolute Gasteiger partial charge is 0.395 e. The summed E-state index contributed by atoms with van der Waals surface area (Å²) in [5.41, 5.74) is 0.949. The van der Waals surface area contributed by atoms with Gasteiger partial charge in [-0.05, 0) is 0 Å². The zero-order valence-electron chi connectivity index (χ0n) is 10.6. The van der Waals surface area contributed by atoms with Gasteiger partial charge in [-0.2, -0.15) is 10.2 Å². The van der Waals surface area contributed by atoms with E-state index in [0.717, 1.165) is 0 Å². The number of hydrogen-bond acceptors (Lipinski definition) is 10. The third-order valence-corrected chi connectivity index (χ3v) is 2.17. The predicted molar refractivity (Wildman–Crippen MR) is 69.8 cm³/mol. The van der Waals surface area contributed by atoms with Crippen LogP contribution in [0.3, 0.4) is 0 Å². The van der Waals surface area contributed by atoms with Crippen LogP contribution in [0.25, 0.3) is 11.4 Å². The second kappa shape index (κ2) is 7.21. The number of rotatable bonds is 7. The zero-order valence-corrected chi connectivity index (χ0v) is 10.6. The summed E-state index contributed by atoms with van der Waals surface area (Å²) in [6, 6.07) is 0. The molecule has 0 aromatic carbocycles. The summed E-state index contributed by atoms with van der Waals surface area (Å²) in [6.07, 6.45) is 2.90. The average Bonchev–Trinajstić information content (AvgIpc) is 2.51. The van der Waals surface area contributed by atoms with Crippen LogP contribution in [0.1, 0.15) is 0 Å². The van der Waals surface area contributed by atoms with E-state index < -0.39 is 0 Å². The summed E-state index contributed by atoms with van der Waals surface area (Å²) in [5.74, 6) is 0.583. The Balaban J connectivity index is 2.17. The van der Waals surface area contributed by atoms with Gasteiger partial charge in [-0.25, -0.2) is 9.97 Å². The standard InChI is InChI=1S/C10H14N8O2/c19-3-1-11-9-15-7(5-13-17-9)8-6-14-18-10(16-8)12-2-4-20/h5-6,19-20H,1-4H2,(H,11,15,17)(H,12,16,18). The first-order valence-electron chi connectivity index (χ1n) is 5.92. The van der Waals surface area contributed by atoms with Crippen molar-refractivity contribution in [1.29, 1.82) is 0 Å². The van der Waals surface area contributed by atoms with E-state index in [9.17, 15) is 0 Å². The highest BCUT2D eigenvalue weighted by Gasteiger charge is 2.07. The number of hydrogen-bond donors (Lipinski definition) is 4. The summed E-state index contributed by atoms with van der Waals surface area (Å²) < 4.78 is 0. The first-order valence-corrected chi connectivity index (χ1v) is 5.92. The van der Waals surface area contributed by atoms with Gasteiger partial charge >= 0.3 is 0 Å². The fourth-order valence-corrected chi connectivity index (χ4v) is 1.34. The van der Waals surface area contributed by atoms with E-state index in [4.69, 9.17) is 10.2 Å². The minimum Gasteiger partial charge on any atom is -0.395 e. The van der Waals surface area contributed by atoms with Gasteiger partial charge in [0.15, 0.2) is 0 Å². The molecule has 0 saturated carbocycles. The molecule has 0 aliphatic heterocycles. The van der Waals surface area contributed by atoms with Gasteiger partial charge in [-0.1, -0.05) is 0 Å². The lowest BCUT2D eigenvalue weighted by Crippen LogP contribution is -2.11. The van der Waals surface area contributed by atoms with E-state index in [2.05, 4.69) is 41.0 Å². The molecule has 0 aliphatic carbocycles. The molecule has 0 amide bonds. The Kier molecular flexibility index (Phi) is 5.03. The topological polar surface area (TPSA) is 142 Å². The normalized spacial score (nSPS) is 10.3. The molecule has 0 atom stereocenters. The fourth-order valence-electron chi connectivity index (χ4n) is 1.34. The minimum absolute atomic E-state index is 0.0299. The van der Waals surface area contributed by atoms with Gasteiger partial charge in [0.2, 0.25) is 11.9 Å². The van der Waals surface area contributed by atoms with E-state index in [-0.39, 0.29) is 13.2 Å². The third-order valence-electron chi connectivity index (χ3n) is 2.17. The van der Waals surface area contributed by atoms with Crippen LogP contribution >= 0.6 is 0 Å². The molecular weight excluding hydrogens is 264 g/mol. The van der Waals surface area contributed by atoms with E-state index >= 15 is 0 Å². The molecule has 10 heteroatoms. The quantitative estimate of drug-likeness (QED) is 0.474. The molecule has 106 valence electrons. The zero-order chi connectivity index (χ0) is 14.2. The van der Waals surface area contributed by atoms with Crippen molar-refractivity contribution >= 4 is 11.9 Å². The summed E-state index contributed by atoms with van der Waals surface area (Å²) in [7, 11) is 0. The Morgan fingerprint density at radius 3 is 1.65 bits per heavy atom. The number of nitrogens with one attached hydrogen (secondary N) is 2. The van der Waals surface area contributed by atoms with Crippen molar-refractivity contribution in [2.45, 2.75) is 0 Å². The molecule has 2 heterocycles. The second-order valence-electron chi connectivity index (χ2n) is 3.63. The molecule has 0 saturated heterocycles. The molecular formula is C10H14N8O2. The maximum atomic E-state index is 8.73. The Hall–Kier alpha value is -2.46. The first-order chi connectivity index (χ1) is 9.83. The molecule has 2 rings (SSSR count). The maximum absolute atomic E-state index is 8.73. The van der Waals surface area contributed by atoms with Crippen LogP contribution < -0.4 is 10.6 Å². The first kappa shape index (κ1) is 14.0. The number of aliphatic hydroxyl groups excluding tert-OH is 2. The SMILES string of the molecule is OCCNc1nncc(-c2cnnc(NCCO)n2)n1. The number of aliphatic hydroxyl groups is 2. The minimum atomic E-state index is -0.0299. The summed E-state index contributed by atoms with van der Waals surface area (Å²) in [4.78, 5) is 8.40. The summed E-state index contributed by atoms with van der Waals surface area (Å²) >= 11 is 0. The Bertz CT molecular complexity index is 503. The van der Waals surface area contributed by atoms with Gasteiger partial charge in [0.25, 0.3) is 0 Å². The Morgan fingerprint density at radius 2 is 1.25 bits per heavy atom. The molecule has 4 N–H and O–H groups in total. The van der Waals surface area contributed by atoms with Gasteiger partial charge in [-0.15, -0.1) is 10.2 Å². The van der Waals surface area contributed by atoms with Crippen molar-refractivity contribution in [3.8, 4) is 11.4 Å². The van der Waals surface area contributed by atoms with Crippen LogP contribution in [0, 0.1) is 0 Å². The van der Waals surface area contributed by atoms with Crippen LogP contribution in [0.4, 0.5) is 11.9 Å². The molecule has 0 fully saturated rings. The lowest BCUT2D eigenvalue weighted by atomic mass is 10.3. The van der Waals surface area contributed by atoms with Crippen LogP contribution in [0.5, 0.6) is 0 Å². The van der Waals surface area contributed by atoms with E-state index in [1.54, 1.807) is 0 Å². The van der Waals surface area contributed by atoms with Crippen LogP contribution in [0.15, 0.2) is 12.4 Å². The number of aromatic nitrogens is 6. The van der Waals surface area contributed by atoms with Crippen molar-refractivity contribution < 1.29 is 10.2 Å². The highest BCUT2D eigenvalue weighted by Crippen LogP contribution is 2.13. The lowest BCUT2D eigenvalue weighted by molar-refractivity contribution is 0.310. The van der Waals surface area contributed by atoms with Crippen molar-refractivity contribution in [3.63, 3.8) is 0 Å². The van der Waals surface area contributed by atoms with Gasteiger partial charge < -0.3 is 20.8 Å². The van der Waals surface area contributed by atoms with Crippen LogP contribution in [-0.2, 0) is 0 Å². The van der Waals surface area contributed by atoms with Crippen molar-refractivity contribution in [3.05, 3.63) is 12.4 Å². The van der Waals surface area contributed by atoms with Crippen molar-refractivity contribution in [2.24, 2.45) is 0 Å². The predicted octanol–water partition coefficient (Wildman–Crippen LogP) is -1.47. The highest BCUT2D eigenvalue weighted by molar-refractivity contribution is 5.54. The van der Waals surface area contributed by atoms with Gasteiger partial charge in [-0.3, -0.25) is 0 Å². The van der Waals surface area contributed by atoms with Crippen molar-refractivity contribution in [2.75, 3.05) is 36.9 Å². The Labute approximate surface area is 114 Å².